The molecule has 0 unspecified atom stereocenters. The van der Waals surface area contributed by atoms with Crippen molar-refractivity contribution in [2.45, 2.75) is 123 Å². The smallest absolute Gasteiger partial charge is 0.407 e. The second-order valence-corrected chi connectivity index (χ2v) is 20.2. The fraction of sp³-hybridized carbons (Fsp3) is 0.509. The molecule has 3 amide bonds. The molecule has 2 aliphatic carbocycles. The number of carbonyl (C=O) groups is 4. The molecule has 0 radical (unpaired) electrons. The van der Waals surface area contributed by atoms with Crippen LogP contribution < -0.4 is 10.9 Å². The maximum atomic E-state index is 17.0. The van der Waals surface area contributed by atoms with Crippen molar-refractivity contribution in [2.24, 2.45) is 28.2 Å². The Morgan fingerprint density at radius 1 is 0.868 bits per heavy atom. The summed E-state index contributed by atoms with van der Waals surface area (Å²) in [4.78, 5) is 86.9. The third-order valence-electron chi connectivity index (χ3n) is 15.3. The van der Waals surface area contributed by atoms with Gasteiger partial charge in [0.15, 0.2) is 0 Å². The second kappa shape index (κ2) is 19.0. The van der Waals surface area contributed by atoms with Crippen molar-refractivity contribution in [1.29, 1.82) is 0 Å². The topological polar surface area (TPSA) is 176 Å². The first-order valence-electron chi connectivity index (χ1n) is 24.3. The highest BCUT2D eigenvalue weighted by Crippen LogP contribution is 2.53. The number of nitrogens with zero attached hydrogens (tertiary/aromatic N) is 5. The van der Waals surface area contributed by atoms with E-state index in [9.17, 15) is 24.0 Å². The summed E-state index contributed by atoms with van der Waals surface area (Å²) < 4.78 is 26.6. The summed E-state index contributed by atoms with van der Waals surface area (Å²) in [6, 6.07) is 9.51. The van der Waals surface area contributed by atoms with Crippen LogP contribution in [0.25, 0.3) is 38.9 Å². The molecule has 4 atom stereocenters. The van der Waals surface area contributed by atoms with E-state index in [1.165, 1.54) is 14.2 Å². The molecule has 14 nitrogen and oxygen atoms in total. The number of aromatic nitrogens is 3. The Hall–Kier alpha value is -6.25. The van der Waals surface area contributed by atoms with Crippen LogP contribution in [-0.4, -0.2) is 93.7 Å². The number of alkyl carbamates (subject to hydrolysis) is 1. The molecule has 9 rings (SSSR count). The lowest BCUT2D eigenvalue weighted by atomic mass is 9.82. The van der Waals surface area contributed by atoms with Crippen molar-refractivity contribution in [2.75, 3.05) is 27.3 Å². The molecule has 1 saturated carbocycles. The van der Waals surface area contributed by atoms with Gasteiger partial charge in [-0.15, -0.1) is 0 Å². The summed E-state index contributed by atoms with van der Waals surface area (Å²) in [5, 5.41) is 2.99. The number of pyridine rings is 1. The number of aromatic amines is 1. The minimum atomic E-state index is -0.808. The van der Waals surface area contributed by atoms with Gasteiger partial charge in [-0.1, -0.05) is 52.7 Å². The monoisotopic (exact) mass is 927 g/mol. The summed E-state index contributed by atoms with van der Waals surface area (Å²) >= 11 is 0. The lowest BCUT2D eigenvalue weighted by Gasteiger charge is -2.30. The fourth-order valence-electron chi connectivity index (χ4n) is 11.7. The number of benzene rings is 2. The van der Waals surface area contributed by atoms with Crippen LogP contribution in [0.3, 0.4) is 0 Å². The first-order chi connectivity index (χ1) is 32.7. The Balaban J connectivity index is 0.965. The van der Waals surface area contributed by atoms with E-state index in [0.717, 1.165) is 84.9 Å². The van der Waals surface area contributed by atoms with Crippen molar-refractivity contribution >= 4 is 46.1 Å². The van der Waals surface area contributed by atoms with Gasteiger partial charge in [-0.2, -0.15) is 0 Å². The largest absolute Gasteiger partial charge is 0.469 e. The number of likely N-dealkylation sites (tertiary alicyclic amines) is 2. The van der Waals surface area contributed by atoms with Gasteiger partial charge in [0.2, 0.25) is 11.8 Å². The fourth-order valence-corrected chi connectivity index (χ4v) is 11.7. The number of hydrogen-bond acceptors (Lipinski definition) is 10. The number of halogens is 1. The number of methoxy groups -OCH3 is 2. The Labute approximate surface area is 396 Å². The van der Waals surface area contributed by atoms with Crippen LogP contribution in [-0.2, 0) is 36.7 Å². The maximum Gasteiger partial charge on any atom is 0.407 e. The standard InChI is InChI=1S/C53H62FN7O7/c1-29(2)34(24-45(62)67-5)50(64)60-19-9-11-43(60)42-22-33(28-56-42)32-14-15-40(55-27-32)35-23-39(54)46(38-26-53(25-37(35)38)17-7-8-18-53)31-13-16-41-36(21-31)49(63)59-48(57-41)44-12-10-20-61(44)51(65)47(30(3)4)58-52(66)68-6/h13-16,21,23,27-30,34,43-44,47H,7-12,17-20,22,24-26H2,1-6H3,(H,58,66)(H,57,59,63)/t34-,43-,44-,47-/m0/s1. The minimum absolute atomic E-state index is 0.0163. The Kier molecular flexibility index (Phi) is 13.1. The highest BCUT2D eigenvalue weighted by molar-refractivity contribution is 6.03. The molecule has 2 N–H and O–H groups in total. The molecule has 15 heteroatoms. The number of ether oxygens (including phenoxy) is 2. The number of H-pyrrole nitrogens is 1. The Morgan fingerprint density at radius 3 is 2.25 bits per heavy atom. The van der Waals surface area contributed by atoms with E-state index in [0.29, 0.717) is 65.9 Å². The lowest BCUT2D eigenvalue weighted by molar-refractivity contribution is -0.148. The van der Waals surface area contributed by atoms with Crippen molar-refractivity contribution < 1.29 is 33.0 Å². The molecule has 0 bridgehead atoms. The minimum Gasteiger partial charge on any atom is -0.469 e. The SMILES string of the molecule is COC(=O)C[C@H](C(=O)N1CCC[C@H]1C1=NC=C(c2ccc(-c3cc(F)c(-c4ccc5nc([C@@H]6CCCN6C(=O)[C@@H](NC(=O)OC)C(C)C)[nH]c(=O)c5c4)c4c3CC3(CCCC3)C4)nc2)C1)C(C)C. The van der Waals surface area contributed by atoms with E-state index in [1.807, 2.05) is 63.2 Å². The number of rotatable bonds is 12. The van der Waals surface area contributed by atoms with Crippen LogP contribution in [0.15, 0.2) is 58.6 Å². The first kappa shape index (κ1) is 46.8. The molecule has 5 heterocycles. The van der Waals surface area contributed by atoms with Crippen molar-refractivity contribution in [3.8, 4) is 22.4 Å². The summed E-state index contributed by atoms with van der Waals surface area (Å²) in [6.45, 7) is 8.70. The predicted octanol–water partition coefficient (Wildman–Crippen LogP) is 8.51. The molecule has 358 valence electrons. The van der Waals surface area contributed by atoms with Gasteiger partial charge in [0.1, 0.15) is 17.7 Å². The highest BCUT2D eigenvalue weighted by atomic mass is 19.1. The average molecular weight is 928 g/mol. The molecule has 68 heavy (non-hydrogen) atoms. The third kappa shape index (κ3) is 8.84. The Bertz CT molecular complexity index is 2780. The van der Waals surface area contributed by atoms with E-state index in [2.05, 4.69) is 10.3 Å². The molecule has 2 aromatic heterocycles. The molecule has 4 aromatic rings. The quantitative estimate of drug-likeness (QED) is 0.132. The maximum absolute atomic E-state index is 17.0. The molecule has 3 fully saturated rings. The van der Waals surface area contributed by atoms with Crippen molar-refractivity contribution in [3.05, 3.63) is 87.5 Å². The van der Waals surface area contributed by atoms with Gasteiger partial charge in [-0.25, -0.2) is 14.2 Å². The van der Waals surface area contributed by atoms with Gasteiger partial charge in [0.25, 0.3) is 5.56 Å². The molecule has 2 aromatic carbocycles. The zero-order chi connectivity index (χ0) is 48.0. The molecular weight excluding hydrogens is 866 g/mol. The van der Waals surface area contributed by atoms with Crippen LogP contribution in [0.5, 0.6) is 0 Å². The van der Waals surface area contributed by atoms with Crippen molar-refractivity contribution in [3.63, 3.8) is 0 Å². The van der Waals surface area contributed by atoms with Crippen LogP contribution >= 0.6 is 0 Å². The predicted molar refractivity (Wildman–Crippen MR) is 257 cm³/mol. The normalized spacial score (nSPS) is 20.5. The van der Waals surface area contributed by atoms with Crippen LogP contribution in [0, 0.1) is 29.0 Å². The third-order valence-corrected chi connectivity index (χ3v) is 15.3. The molecule has 3 aliphatic heterocycles. The second-order valence-electron chi connectivity index (χ2n) is 20.2. The van der Waals surface area contributed by atoms with E-state index in [1.54, 1.807) is 23.1 Å². The number of esters is 1. The molecule has 2 saturated heterocycles. The average Bonchev–Trinajstić information content (AvgIpc) is 4.20. The van der Waals surface area contributed by atoms with Gasteiger partial charge in [0.05, 0.1) is 55.2 Å². The van der Waals surface area contributed by atoms with Crippen LogP contribution in [0.2, 0.25) is 0 Å². The molecule has 1 spiro atoms. The van der Waals surface area contributed by atoms with Gasteiger partial charge in [-0.3, -0.25) is 29.2 Å². The highest BCUT2D eigenvalue weighted by Gasteiger charge is 2.44. The van der Waals surface area contributed by atoms with Gasteiger partial charge in [-0.05, 0) is 121 Å². The summed E-state index contributed by atoms with van der Waals surface area (Å²) in [5.41, 5.74) is 7.61. The number of carbonyl (C=O) groups excluding carboxylic acids is 4. The van der Waals surface area contributed by atoms with Gasteiger partial charge in [0, 0.05) is 48.7 Å². The summed E-state index contributed by atoms with van der Waals surface area (Å²) in [7, 11) is 2.60. The van der Waals surface area contributed by atoms with E-state index < -0.39 is 24.1 Å². The van der Waals surface area contributed by atoms with Gasteiger partial charge < -0.3 is 29.6 Å². The summed E-state index contributed by atoms with van der Waals surface area (Å²) in [6.07, 6.45) is 12.6. The number of nitrogens with one attached hydrogen (secondary N) is 2. The number of amides is 3. The van der Waals surface area contributed by atoms with E-state index >= 15 is 4.39 Å². The van der Waals surface area contributed by atoms with Gasteiger partial charge >= 0.3 is 12.1 Å². The Morgan fingerprint density at radius 2 is 1.57 bits per heavy atom. The molecular formula is C53H62FN7O7. The number of hydrogen-bond donors (Lipinski definition) is 2. The number of fused-ring (bicyclic) bond motifs is 2. The van der Waals surface area contributed by atoms with E-state index in [4.69, 9.17) is 24.4 Å². The van der Waals surface area contributed by atoms with Crippen LogP contribution in [0.4, 0.5) is 9.18 Å². The zero-order valence-electron chi connectivity index (χ0n) is 40.0. The summed E-state index contributed by atoms with van der Waals surface area (Å²) in [5.74, 6) is -1.37. The lowest BCUT2D eigenvalue weighted by Crippen LogP contribution is -2.51. The first-order valence-corrected chi connectivity index (χ1v) is 24.3. The zero-order valence-corrected chi connectivity index (χ0v) is 40.0. The number of allylic oxidation sites excluding steroid dienone is 1. The molecule has 5 aliphatic rings. The van der Waals surface area contributed by atoms with Crippen LogP contribution in [0.1, 0.15) is 120 Å². The van der Waals surface area contributed by atoms with E-state index in [-0.39, 0.29) is 58.9 Å². The van der Waals surface area contributed by atoms with Crippen molar-refractivity contribution in [1.82, 2.24) is 30.1 Å². The number of aliphatic imine (C=N–C) groups is 1.